The molecule has 26 heavy (non-hydrogen) atoms. The number of hydrogen-bond donors (Lipinski definition) is 0. The lowest BCUT2D eigenvalue weighted by atomic mass is 9.60. The van der Waals surface area contributed by atoms with Crippen LogP contribution in [0.25, 0.3) is 0 Å². The summed E-state index contributed by atoms with van der Waals surface area (Å²) < 4.78 is 24.7. The Kier molecular flexibility index (Phi) is 4.21. The molecule has 3 aliphatic heterocycles. The standard InChI is InChI=1S/C19H28N2O4S/c1-2-15-6-5-9-20(10-15)16(22)17(23)21-11-18-7-3-4-8-19(18,12-21)14-26(24,25)13-18/h2,15H,1,3-14H2. The molecule has 144 valence electrons. The van der Waals surface area contributed by atoms with Gasteiger partial charge >= 0.3 is 11.8 Å². The van der Waals surface area contributed by atoms with Crippen molar-refractivity contribution < 1.29 is 18.0 Å². The fourth-order valence-corrected chi connectivity index (χ4v) is 8.84. The first-order chi connectivity index (χ1) is 12.3. The van der Waals surface area contributed by atoms with Crippen LogP contribution in [0.3, 0.4) is 0 Å². The predicted octanol–water partition coefficient (Wildman–Crippen LogP) is 1.23. The van der Waals surface area contributed by atoms with Crippen molar-refractivity contribution in [1.29, 1.82) is 0 Å². The molecule has 0 aromatic heterocycles. The Morgan fingerprint density at radius 3 is 2.12 bits per heavy atom. The topological polar surface area (TPSA) is 74.8 Å². The van der Waals surface area contributed by atoms with Gasteiger partial charge in [0.1, 0.15) is 0 Å². The zero-order valence-electron chi connectivity index (χ0n) is 15.3. The molecule has 0 bridgehead atoms. The van der Waals surface area contributed by atoms with E-state index >= 15 is 0 Å². The van der Waals surface area contributed by atoms with Crippen LogP contribution in [-0.4, -0.2) is 67.7 Å². The molecule has 6 nitrogen and oxygen atoms in total. The molecule has 1 saturated carbocycles. The largest absolute Gasteiger partial charge is 0.334 e. The van der Waals surface area contributed by atoms with Crippen molar-refractivity contribution in [3.05, 3.63) is 12.7 Å². The molecule has 3 atom stereocenters. The average Bonchev–Trinajstić information content (AvgIpc) is 3.05. The van der Waals surface area contributed by atoms with Gasteiger partial charge in [-0.2, -0.15) is 0 Å². The van der Waals surface area contributed by atoms with Crippen LogP contribution in [-0.2, 0) is 19.4 Å². The first-order valence-corrected chi connectivity index (χ1v) is 11.5. The molecule has 7 heteroatoms. The fraction of sp³-hybridized carbons (Fsp3) is 0.789. The Balaban J connectivity index is 1.52. The van der Waals surface area contributed by atoms with E-state index in [1.54, 1.807) is 9.80 Å². The first kappa shape index (κ1) is 18.0. The number of likely N-dealkylation sites (tertiary alicyclic amines) is 2. The molecule has 4 rings (SSSR count). The van der Waals surface area contributed by atoms with Crippen LogP contribution in [0.15, 0.2) is 12.7 Å². The summed E-state index contributed by atoms with van der Waals surface area (Å²) in [7, 11) is -3.05. The van der Waals surface area contributed by atoms with E-state index in [1.165, 1.54) is 0 Å². The molecule has 1 aliphatic carbocycles. The van der Waals surface area contributed by atoms with Gasteiger partial charge in [-0.3, -0.25) is 9.59 Å². The van der Waals surface area contributed by atoms with Crippen LogP contribution in [0.1, 0.15) is 38.5 Å². The van der Waals surface area contributed by atoms with Crippen LogP contribution in [0, 0.1) is 16.7 Å². The van der Waals surface area contributed by atoms with Crippen LogP contribution in [0.2, 0.25) is 0 Å². The van der Waals surface area contributed by atoms with E-state index in [4.69, 9.17) is 0 Å². The van der Waals surface area contributed by atoms with Crippen molar-refractivity contribution in [3.8, 4) is 0 Å². The normalized spacial score (nSPS) is 38.5. The van der Waals surface area contributed by atoms with Gasteiger partial charge in [0.25, 0.3) is 0 Å². The predicted molar refractivity (Wildman–Crippen MR) is 98.1 cm³/mol. The number of rotatable bonds is 1. The van der Waals surface area contributed by atoms with Crippen molar-refractivity contribution in [3.63, 3.8) is 0 Å². The van der Waals surface area contributed by atoms with Gasteiger partial charge in [-0.1, -0.05) is 18.9 Å². The van der Waals surface area contributed by atoms with Crippen LogP contribution >= 0.6 is 0 Å². The maximum atomic E-state index is 12.9. The SMILES string of the molecule is C=CC1CCCN(C(=O)C(=O)N2CC34CCCCC3(C2)CS(=O)(=O)C4)C1. The number of piperidine rings is 1. The fourth-order valence-electron chi connectivity index (χ4n) is 5.97. The maximum Gasteiger partial charge on any atom is 0.312 e. The van der Waals surface area contributed by atoms with Crippen LogP contribution < -0.4 is 0 Å². The molecule has 4 aliphatic rings. The summed E-state index contributed by atoms with van der Waals surface area (Å²) in [6, 6.07) is 0. The summed E-state index contributed by atoms with van der Waals surface area (Å²) in [5.74, 6) is -0.255. The molecule has 3 heterocycles. The van der Waals surface area contributed by atoms with Gasteiger partial charge in [0.05, 0.1) is 11.5 Å². The van der Waals surface area contributed by atoms with Crippen molar-refractivity contribution >= 4 is 21.7 Å². The second-order valence-corrected chi connectivity index (χ2v) is 10.9. The molecule has 0 radical (unpaired) electrons. The van der Waals surface area contributed by atoms with Gasteiger partial charge in [0.15, 0.2) is 9.84 Å². The Labute approximate surface area is 155 Å². The summed E-state index contributed by atoms with van der Waals surface area (Å²) >= 11 is 0. The lowest BCUT2D eigenvalue weighted by molar-refractivity contribution is -0.152. The van der Waals surface area contributed by atoms with E-state index in [-0.39, 0.29) is 28.3 Å². The maximum absolute atomic E-state index is 12.9. The molecule has 0 spiro atoms. The van der Waals surface area contributed by atoms with Crippen molar-refractivity contribution in [1.82, 2.24) is 9.80 Å². The number of carbonyl (C=O) groups is 2. The number of amides is 2. The molecular formula is C19H28N2O4S. The molecule has 0 aromatic carbocycles. The minimum Gasteiger partial charge on any atom is -0.334 e. The Bertz CT molecular complexity index is 719. The van der Waals surface area contributed by atoms with E-state index in [9.17, 15) is 18.0 Å². The number of hydrogen-bond acceptors (Lipinski definition) is 4. The third-order valence-corrected chi connectivity index (χ3v) is 9.20. The van der Waals surface area contributed by atoms with Crippen LogP contribution in [0.4, 0.5) is 0 Å². The van der Waals surface area contributed by atoms with Crippen LogP contribution in [0.5, 0.6) is 0 Å². The number of nitrogens with zero attached hydrogens (tertiary/aromatic N) is 2. The second kappa shape index (κ2) is 6.08. The average molecular weight is 381 g/mol. The van der Waals surface area contributed by atoms with E-state index < -0.39 is 21.7 Å². The molecule has 3 unspecified atom stereocenters. The summed E-state index contributed by atoms with van der Waals surface area (Å²) in [6.07, 6.45) is 7.50. The first-order valence-electron chi connectivity index (χ1n) is 9.71. The minimum absolute atomic E-state index is 0.181. The molecule has 0 aromatic rings. The van der Waals surface area contributed by atoms with Gasteiger partial charge < -0.3 is 9.80 Å². The second-order valence-electron chi connectivity index (χ2n) is 8.85. The Morgan fingerprint density at radius 2 is 1.54 bits per heavy atom. The van der Waals surface area contributed by atoms with E-state index in [2.05, 4.69) is 6.58 Å². The minimum atomic E-state index is -3.05. The molecular weight excluding hydrogens is 352 g/mol. The zero-order valence-corrected chi connectivity index (χ0v) is 16.1. The summed E-state index contributed by atoms with van der Waals surface area (Å²) in [6.45, 7) is 5.84. The lowest BCUT2D eigenvalue weighted by Crippen LogP contribution is -2.48. The quantitative estimate of drug-likeness (QED) is 0.506. The van der Waals surface area contributed by atoms with Crippen molar-refractivity contribution in [2.45, 2.75) is 38.5 Å². The zero-order chi connectivity index (χ0) is 18.6. The van der Waals surface area contributed by atoms with E-state index in [0.717, 1.165) is 38.5 Å². The Hall–Kier alpha value is -1.37. The number of carbonyl (C=O) groups excluding carboxylic acids is 2. The summed E-state index contributed by atoms with van der Waals surface area (Å²) in [5, 5.41) is 0. The van der Waals surface area contributed by atoms with E-state index in [1.807, 2.05) is 6.08 Å². The number of sulfone groups is 1. The van der Waals surface area contributed by atoms with Crippen molar-refractivity contribution in [2.75, 3.05) is 37.7 Å². The third-order valence-electron chi connectivity index (χ3n) is 7.21. The van der Waals surface area contributed by atoms with Gasteiger partial charge in [0, 0.05) is 37.0 Å². The Morgan fingerprint density at radius 1 is 0.962 bits per heavy atom. The van der Waals surface area contributed by atoms with Gasteiger partial charge in [-0.05, 0) is 31.6 Å². The van der Waals surface area contributed by atoms with Gasteiger partial charge in [0.2, 0.25) is 0 Å². The third kappa shape index (κ3) is 2.70. The lowest BCUT2D eigenvalue weighted by Gasteiger charge is -2.41. The summed E-state index contributed by atoms with van der Waals surface area (Å²) in [4.78, 5) is 29.0. The highest BCUT2D eigenvalue weighted by Crippen LogP contribution is 2.60. The molecule has 4 fully saturated rings. The smallest absolute Gasteiger partial charge is 0.312 e. The van der Waals surface area contributed by atoms with Gasteiger partial charge in [-0.25, -0.2) is 8.42 Å². The van der Waals surface area contributed by atoms with Gasteiger partial charge in [-0.15, -0.1) is 6.58 Å². The van der Waals surface area contributed by atoms with E-state index in [0.29, 0.717) is 26.2 Å². The molecule has 3 saturated heterocycles. The van der Waals surface area contributed by atoms with Crippen molar-refractivity contribution in [2.24, 2.45) is 16.7 Å². The summed E-state index contributed by atoms with van der Waals surface area (Å²) in [5.41, 5.74) is -0.656. The monoisotopic (exact) mass is 380 g/mol. The highest BCUT2D eigenvalue weighted by Gasteiger charge is 2.66. The highest BCUT2D eigenvalue weighted by atomic mass is 32.2. The molecule has 0 N–H and O–H groups in total. The molecule has 2 amide bonds. The highest BCUT2D eigenvalue weighted by molar-refractivity contribution is 7.91.